The molecule has 0 aliphatic heterocycles. The van der Waals surface area contributed by atoms with Crippen LogP contribution in [0.1, 0.15) is 5.56 Å². The van der Waals surface area contributed by atoms with Crippen LogP contribution in [-0.4, -0.2) is 15.0 Å². The van der Waals surface area contributed by atoms with Crippen LogP contribution < -0.4 is 0 Å². The lowest BCUT2D eigenvalue weighted by Crippen LogP contribution is -2.05. The highest BCUT2D eigenvalue weighted by Crippen LogP contribution is 2.31. The van der Waals surface area contributed by atoms with Crippen LogP contribution in [0.5, 0.6) is 0 Å². The summed E-state index contributed by atoms with van der Waals surface area (Å²) in [7, 11) is 0. The molecule has 0 atom stereocenters. The molecule has 2 aromatic rings. The molecule has 0 unspecified atom stereocenters. The second-order valence-electron chi connectivity index (χ2n) is 3.16. The van der Waals surface area contributed by atoms with Gasteiger partial charge in [-0.15, -0.1) is 0 Å². The molecular weight excluding hydrogens is 378 g/mol. The van der Waals surface area contributed by atoms with Gasteiger partial charge in [-0.1, -0.05) is 0 Å². The maximum Gasteiger partial charge on any atom is 0.417 e. The lowest BCUT2D eigenvalue weighted by molar-refractivity contribution is -0.137. The number of rotatable bonds is 2. The second-order valence-corrected chi connectivity index (χ2v) is 5.33. The molecule has 0 spiro atoms. The lowest BCUT2D eigenvalue weighted by Gasteiger charge is -2.06. The molecule has 0 saturated heterocycles. The summed E-state index contributed by atoms with van der Waals surface area (Å²) in [4.78, 5) is 11.6. The summed E-state index contributed by atoms with van der Waals surface area (Å²) in [6.07, 6.45) is -0.537. The van der Waals surface area contributed by atoms with Crippen molar-refractivity contribution < 1.29 is 13.2 Å². The van der Waals surface area contributed by atoms with Crippen LogP contribution >= 0.6 is 34.4 Å². The van der Waals surface area contributed by atoms with Gasteiger partial charge in [0, 0.05) is 12.4 Å². The van der Waals surface area contributed by atoms with Crippen molar-refractivity contribution in [1.82, 2.24) is 15.0 Å². The Bertz CT molecular complexity index is 545. The van der Waals surface area contributed by atoms with Gasteiger partial charge < -0.3 is 0 Å². The molecule has 94 valence electrons. The summed E-state index contributed by atoms with van der Waals surface area (Å²) in [5.41, 5.74) is -0.760. The quantitative estimate of drug-likeness (QED) is 0.587. The van der Waals surface area contributed by atoms with Crippen molar-refractivity contribution in [2.75, 3.05) is 0 Å². The first-order valence-corrected chi connectivity index (χ1v) is 6.53. The highest BCUT2D eigenvalue weighted by Gasteiger charge is 2.30. The van der Waals surface area contributed by atoms with Gasteiger partial charge in [-0.25, -0.2) is 15.0 Å². The zero-order valence-electron chi connectivity index (χ0n) is 8.65. The van der Waals surface area contributed by atoms with Crippen molar-refractivity contribution in [1.29, 1.82) is 0 Å². The van der Waals surface area contributed by atoms with Crippen LogP contribution in [-0.2, 0) is 6.18 Å². The molecule has 8 heteroatoms. The summed E-state index contributed by atoms with van der Waals surface area (Å²) >= 11 is 3.25. The van der Waals surface area contributed by atoms with E-state index in [-0.39, 0.29) is 0 Å². The Morgan fingerprint density at radius 1 is 1.11 bits per heavy atom. The van der Waals surface area contributed by atoms with Gasteiger partial charge in [0.2, 0.25) is 0 Å². The number of alkyl halides is 3. The Labute approximate surface area is 118 Å². The first kappa shape index (κ1) is 13.5. The van der Waals surface area contributed by atoms with Crippen LogP contribution in [0.15, 0.2) is 40.9 Å². The number of aromatic nitrogens is 3. The molecule has 2 rings (SSSR count). The first-order valence-electron chi connectivity index (χ1n) is 4.63. The molecular formula is C10H5F3IN3S. The van der Waals surface area contributed by atoms with E-state index in [9.17, 15) is 13.2 Å². The maximum atomic E-state index is 12.3. The largest absolute Gasteiger partial charge is 0.417 e. The number of pyridine rings is 1. The van der Waals surface area contributed by atoms with E-state index in [1.807, 2.05) is 0 Å². The number of hydrogen-bond donors (Lipinski definition) is 0. The third kappa shape index (κ3) is 3.31. The molecule has 0 N–H and O–H groups in total. The lowest BCUT2D eigenvalue weighted by atomic mass is 10.3. The Kier molecular flexibility index (Phi) is 4.05. The van der Waals surface area contributed by atoms with Crippen LogP contribution in [0.25, 0.3) is 0 Å². The fraction of sp³-hybridized carbons (Fsp3) is 0.100. The van der Waals surface area contributed by atoms with E-state index in [1.165, 1.54) is 24.2 Å². The second kappa shape index (κ2) is 5.39. The predicted molar refractivity (Wildman–Crippen MR) is 68.1 cm³/mol. The summed E-state index contributed by atoms with van der Waals surface area (Å²) in [6.45, 7) is 0. The molecule has 0 fully saturated rings. The van der Waals surface area contributed by atoms with Crippen LogP contribution in [0.2, 0.25) is 0 Å². The predicted octanol–water partition coefficient (Wildman–Crippen LogP) is 3.65. The molecule has 3 nitrogen and oxygen atoms in total. The maximum absolute atomic E-state index is 12.3. The normalized spacial score (nSPS) is 11.6. The summed E-state index contributed by atoms with van der Waals surface area (Å²) in [6, 6.07) is 2.33. The van der Waals surface area contributed by atoms with Crippen molar-refractivity contribution in [3.05, 3.63) is 40.0 Å². The van der Waals surface area contributed by atoms with Gasteiger partial charge in [-0.3, -0.25) is 0 Å². The standard InChI is InChI=1S/C10H5F3IN3S/c11-10(12,13)6-1-2-8(16-3-6)18-9-7(14)4-15-5-17-9/h1-5H. The molecule has 0 radical (unpaired) electrons. The van der Waals surface area contributed by atoms with Gasteiger partial charge in [-0.05, 0) is 46.5 Å². The van der Waals surface area contributed by atoms with Gasteiger partial charge in [0.25, 0.3) is 0 Å². The molecule has 0 bridgehead atoms. The van der Waals surface area contributed by atoms with Crippen molar-refractivity contribution in [2.45, 2.75) is 16.2 Å². The smallest absolute Gasteiger partial charge is 0.249 e. The zero-order valence-corrected chi connectivity index (χ0v) is 11.6. The van der Waals surface area contributed by atoms with Crippen molar-refractivity contribution in [3.63, 3.8) is 0 Å². The van der Waals surface area contributed by atoms with Gasteiger partial charge >= 0.3 is 6.18 Å². The van der Waals surface area contributed by atoms with E-state index < -0.39 is 11.7 Å². The van der Waals surface area contributed by atoms with Crippen LogP contribution in [0, 0.1) is 3.57 Å². The zero-order chi connectivity index (χ0) is 13.2. The van der Waals surface area contributed by atoms with E-state index in [0.717, 1.165) is 15.8 Å². The van der Waals surface area contributed by atoms with Gasteiger partial charge in [0.05, 0.1) is 9.13 Å². The van der Waals surface area contributed by atoms with Gasteiger partial charge in [0.1, 0.15) is 16.4 Å². The Morgan fingerprint density at radius 3 is 2.44 bits per heavy atom. The Balaban J connectivity index is 2.19. The average molecular weight is 383 g/mol. The molecule has 0 aromatic carbocycles. The molecule has 0 amide bonds. The number of halogens is 4. The summed E-state index contributed by atoms with van der Waals surface area (Å²) in [5, 5.41) is 1.12. The highest BCUT2D eigenvalue weighted by molar-refractivity contribution is 14.1. The molecule has 2 aromatic heterocycles. The first-order chi connectivity index (χ1) is 8.47. The highest BCUT2D eigenvalue weighted by atomic mass is 127. The van der Waals surface area contributed by atoms with Crippen molar-refractivity contribution in [2.24, 2.45) is 0 Å². The number of nitrogens with zero attached hydrogens (tertiary/aromatic N) is 3. The van der Waals surface area contributed by atoms with E-state index in [4.69, 9.17) is 0 Å². The van der Waals surface area contributed by atoms with Crippen LogP contribution in [0.3, 0.4) is 0 Å². The van der Waals surface area contributed by atoms with Gasteiger partial charge in [0.15, 0.2) is 0 Å². The van der Waals surface area contributed by atoms with Crippen molar-refractivity contribution >= 4 is 34.4 Å². The van der Waals surface area contributed by atoms with Crippen LogP contribution in [0.4, 0.5) is 13.2 Å². The summed E-state index contributed by atoms with van der Waals surface area (Å²) in [5.74, 6) is 0. The van der Waals surface area contributed by atoms with E-state index >= 15 is 0 Å². The monoisotopic (exact) mass is 383 g/mol. The number of hydrogen-bond acceptors (Lipinski definition) is 4. The molecule has 2 heterocycles. The molecule has 0 aliphatic rings. The fourth-order valence-corrected chi connectivity index (χ4v) is 2.40. The van der Waals surface area contributed by atoms with Crippen molar-refractivity contribution in [3.8, 4) is 0 Å². The van der Waals surface area contributed by atoms with E-state index in [2.05, 4.69) is 37.5 Å². The Morgan fingerprint density at radius 2 is 1.89 bits per heavy atom. The minimum atomic E-state index is -4.36. The van der Waals surface area contributed by atoms with E-state index in [1.54, 1.807) is 6.20 Å². The van der Waals surface area contributed by atoms with Gasteiger partial charge in [-0.2, -0.15) is 13.2 Å². The molecule has 0 aliphatic carbocycles. The topological polar surface area (TPSA) is 38.7 Å². The minimum Gasteiger partial charge on any atom is -0.249 e. The molecule has 0 saturated carbocycles. The molecule has 18 heavy (non-hydrogen) atoms. The average Bonchev–Trinajstić information content (AvgIpc) is 2.32. The van der Waals surface area contributed by atoms with E-state index in [0.29, 0.717) is 10.1 Å². The fourth-order valence-electron chi connectivity index (χ4n) is 1.08. The Hall–Kier alpha value is -0.900. The third-order valence-electron chi connectivity index (χ3n) is 1.90. The SMILES string of the molecule is FC(F)(F)c1ccc(Sc2ncncc2I)nc1. The third-order valence-corrected chi connectivity index (χ3v) is 4.02. The summed E-state index contributed by atoms with van der Waals surface area (Å²) < 4.78 is 37.8. The minimum absolute atomic E-state index is 0.458.